The standard InChI is InChI=1S/C11H8O2S/c12-7-10-4-9(2-1-3-14)5-11(6-10)8-13/h4-8,14H,3H2. The second-order valence-electron chi connectivity index (χ2n) is 2.58. The summed E-state index contributed by atoms with van der Waals surface area (Å²) in [5.74, 6) is 6.00. The molecule has 0 atom stereocenters. The molecule has 0 aliphatic carbocycles. The molecule has 0 aliphatic rings. The van der Waals surface area contributed by atoms with Crippen molar-refractivity contribution in [1.29, 1.82) is 0 Å². The van der Waals surface area contributed by atoms with E-state index in [1.165, 1.54) is 6.07 Å². The minimum Gasteiger partial charge on any atom is -0.298 e. The van der Waals surface area contributed by atoms with E-state index in [9.17, 15) is 9.59 Å². The fourth-order valence-electron chi connectivity index (χ4n) is 1.03. The third-order valence-corrected chi connectivity index (χ3v) is 1.72. The second-order valence-corrected chi connectivity index (χ2v) is 2.90. The second kappa shape index (κ2) is 5.25. The van der Waals surface area contributed by atoms with Gasteiger partial charge in [0.15, 0.2) is 0 Å². The lowest BCUT2D eigenvalue weighted by Gasteiger charge is -1.95. The Kier molecular flexibility index (Phi) is 3.96. The molecule has 0 aliphatic heterocycles. The maximum Gasteiger partial charge on any atom is 0.150 e. The number of benzene rings is 1. The maximum absolute atomic E-state index is 10.5. The molecule has 3 heteroatoms. The number of hydrogen-bond acceptors (Lipinski definition) is 3. The largest absolute Gasteiger partial charge is 0.298 e. The van der Waals surface area contributed by atoms with Gasteiger partial charge in [-0.15, -0.1) is 0 Å². The van der Waals surface area contributed by atoms with Gasteiger partial charge in [-0.3, -0.25) is 9.59 Å². The first kappa shape index (κ1) is 10.6. The Hall–Kier alpha value is -1.53. The molecule has 1 aromatic carbocycles. The van der Waals surface area contributed by atoms with Crippen molar-refractivity contribution in [2.45, 2.75) is 0 Å². The van der Waals surface area contributed by atoms with Crippen LogP contribution in [0.25, 0.3) is 0 Å². The van der Waals surface area contributed by atoms with Gasteiger partial charge in [-0.05, 0) is 18.2 Å². The number of rotatable bonds is 2. The van der Waals surface area contributed by atoms with Crippen LogP contribution in [0.2, 0.25) is 0 Å². The van der Waals surface area contributed by atoms with Crippen molar-refractivity contribution in [3.63, 3.8) is 0 Å². The SMILES string of the molecule is O=Cc1cc(C#CCS)cc(C=O)c1. The van der Waals surface area contributed by atoms with E-state index in [0.717, 1.165) is 0 Å². The van der Waals surface area contributed by atoms with E-state index in [1.54, 1.807) is 12.1 Å². The summed E-state index contributed by atoms with van der Waals surface area (Å²) in [6, 6.07) is 4.79. The van der Waals surface area contributed by atoms with Gasteiger partial charge in [0.2, 0.25) is 0 Å². The number of thiol groups is 1. The molecule has 70 valence electrons. The first-order chi connectivity index (χ1) is 6.80. The van der Waals surface area contributed by atoms with E-state index in [4.69, 9.17) is 0 Å². The van der Waals surface area contributed by atoms with Crippen molar-refractivity contribution in [1.82, 2.24) is 0 Å². The van der Waals surface area contributed by atoms with Gasteiger partial charge < -0.3 is 0 Å². The van der Waals surface area contributed by atoms with E-state index in [2.05, 4.69) is 24.5 Å². The molecule has 14 heavy (non-hydrogen) atoms. The van der Waals surface area contributed by atoms with E-state index in [1.807, 2.05) is 0 Å². The molecule has 0 aromatic heterocycles. The predicted molar refractivity (Wildman–Crippen MR) is 57.9 cm³/mol. The van der Waals surface area contributed by atoms with Crippen LogP contribution in [0.1, 0.15) is 26.3 Å². The smallest absolute Gasteiger partial charge is 0.150 e. The summed E-state index contributed by atoms with van der Waals surface area (Å²) in [7, 11) is 0. The van der Waals surface area contributed by atoms with Gasteiger partial charge in [-0.1, -0.05) is 11.8 Å². The van der Waals surface area contributed by atoms with E-state index < -0.39 is 0 Å². The van der Waals surface area contributed by atoms with Gasteiger partial charge in [0.25, 0.3) is 0 Å². The molecule has 0 spiro atoms. The van der Waals surface area contributed by atoms with E-state index in [0.29, 0.717) is 35.0 Å². The van der Waals surface area contributed by atoms with Crippen LogP contribution in [-0.2, 0) is 0 Å². The molecular formula is C11H8O2S. The molecule has 0 N–H and O–H groups in total. The van der Waals surface area contributed by atoms with Gasteiger partial charge in [0, 0.05) is 16.7 Å². The molecule has 0 amide bonds. The summed E-state index contributed by atoms with van der Waals surface area (Å²) >= 11 is 3.94. The van der Waals surface area contributed by atoms with Gasteiger partial charge in [0.05, 0.1) is 5.75 Å². The lowest BCUT2D eigenvalue weighted by Crippen LogP contribution is -1.88. The lowest BCUT2D eigenvalue weighted by atomic mass is 10.1. The molecule has 0 bridgehead atoms. The molecule has 2 nitrogen and oxygen atoms in total. The zero-order valence-corrected chi connectivity index (χ0v) is 8.25. The Morgan fingerprint density at radius 2 is 1.71 bits per heavy atom. The van der Waals surface area contributed by atoms with Crippen LogP contribution in [0.4, 0.5) is 0 Å². The van der Waals surface area contributed by atoms with Gasteiger partial charge in [-0.2, -0.15) is 12.6 Å². The number of carbonyl (C=O) groups is 2. The van der Waals surface area contributed by atoms with Crippen LogP contribution in [0.3, 0.4) is 0 Å². The monoisotopic (exact) mass is 204 g/mol. The Morgan fingerprint density at radius 1 is 1.14 bits per heavy atom. The van der Waals surface area contributed by atoms with E-state index in [-0.39, 0.29) is 0 Å². The van der Waals surface area contributed by atoms with E-state index >= 15 is 0 Å². The molecule has 0 unspecified atom stereocenters. The van der Waals surface area contributed by atoms with Crippen LogP contribution in [0.5, 0.6) is 0 Å². The third-order valence-electron chi connectivity index (χ3n) is 1.56. The normalized spacial score (nSPS) is 8.64. The number of aldehydes is 2. The van der Waals surface area contributed by atoms with Crippen LogP contribution in [0, 0.1) is 11.8 Å². The fraction of sp³-hybridized carbons (Fsp3) is 0.0909. The topological polar surface area (TPSA) is 34.1 Å². The van der Waals surface area contributed by atoms with Crippen molar-refractivity contribution < 1.29 is 9.59 Å². The van der Waals surface area contributed by atoms with Gasteiger partial charge in [-0.25, -0.2) is 0 Å². The van der Waals surface area contributed by atoms with Crippen molar-refractivity contribution in [3.05, 3.63) is 34.9 Å². The van der Waals surface area contributed by atoms with Crippen molar-refractivity contribution in [2.24, 2.45) is 0 Å². The summed E-state index contributed by atoms with van der Waals surface area (Å²) in [6.07, 6.45) is 1.39. The Labute approximate surface area is 87.7 Å². The summed E-state index contributed by atoms with van der Waals surface area (Å²) in [6.45, 7) is 0. The lowest BCUT2D eigenvalue weighted by molar-refractivity contribution is 0.112. The predicted octanol–water partition coefficient (Wildman–Crippen LogP) is 1.59. The highest BCUT2D eigenvalue weighted by Gasteiger charge is 1.97. The van der Waals surface area contributed by atoms with Crippen molar-refractivity contribution >= 4 is 25.2 Å². The molecule has 0 fully saturated rings. The highest BCUT2D eigenvalue weighted by atomic mass is 32.1. The Bertz CT molecular complexity index is 387. The summed E-state index contributed by atoms with van der Waals surface area (Å²) in [5, 5.41) is 0. The highest BCUT2D eigenvalue weighted by molar-refractivity contribution is 7.80. The minimum absolute atomic E-state index is 0.446. The quantitative estimate of drug-likeness (QED) is 0.451. The third kappa shape index (κ3) is 2.75. The molecular weight excluding hydrogens is 196 g/mol. The Morgan fingerprint density at radius 3 is 2.14 bits per heavy atom. The zero-order valence-electron chi connectivity index (χ0n) is 7.36. The maximum atomic E-state index is 10.5. The first-order valence-corrected chi connectivity index (χ1v) is 4.58. The summed E-state index contributed by atoms with van der Waals surface area (Å²) < 4.78 is 0. The minimum atomic E-state index is 0.446. The van der Waals surface area contributed by atoms with Crippen molar-refractivity contribution in [3.8, 4) is 11.8 Å². The van der Waals surface area contributed by atoms with Crippen LogP contribution in [0.15, 0.2) is 18.2 Å². The summed E-state index contributed by atoms with van der Waals surface area (Å²) in [4.78, 5) is 21.0. The molecule has 0 radical (unpaired) electrons. The van der Waals surface area contributed by atoms with Gasteiger partial charge >= 0.3 is 0 Å². The summed E-state index contributed by atoms with van der Waals surface area (Å²) in [5.41, 5.74) is 1.57. The number of hydrogen-bond donors (Lipinski definition) is 1. The first-order valence-electron chi connectivity index (χ1n) is 3.95. The van der Waals surface area contributed by atoms with Crippen molar-refractivity contribution in [2.75, 3.05) is 5.75 Å². The Balaban J connectivity index is 3.16. The average molecular weight is 204 g/mol. The molecule has 0 saturated heterocycles. The fourth-order valence-corrected chi connectivity index (χ4v) is 1.11. The molecule has 0 heterocycles. The van der Waals surface area contributed by atoms with Crippen LogP contribution >= 0.6 is 12.6 Å². The molecule has 1 rings (SSSR count). The zero-order chi connectivity index (χ0) is 10.4. The van der Waals surface area contributed by atoms with Gasteiger partial charge in [0.1, 0.15) is 12.6 Å². The van der Waals surface area contributed by atoms with Crippen LogP contribution in [-0.4, -0.2) is 18.3 Å². The number of carbonyl (C=O) groups excluding carboxylic acids is 2. The molecule has 1 aromatic rings. The van der Waals surface area contributed by atoms with Crippen LogP contribution < -0.4 is 0 Å². The average Bonchev–Trinajstić information content (AvgIpc) is 2.25. The molecule has 0 saturated carbocycles. The highest BCUT2D eigenvalue weighted by Crippen LogP contribution is 2.06.